The fourth-order valence-electron chi connectivity index (χ4n) is 1.86. The monoisotopic (exact) mass is 241 g/mol. The number of carbonyl (C=O) groups is 2. The van der Waals surface area contributed by atoms with Crippen LogP contribution in [-0.4, -0.2) is 39.7 Å². The Labute approximate surface area is 97.2 Å². The molecule has 92 valence electrons. The largest absolute Gasteiger partial charge is 0.469 e. The van der Waals surface area contributed by atoms with Crippen LogP contribution in [0.4, 0.5) is 4.39 Å². The number of hydrogen-bond acceptors (Lipinski definition) is 4. The van der Waals surface area contributed by atoms with Crippen LogP contribution in [0.2, 0.25) is 0 Å². The third kappa shape index (κ3) is 1.74. The lowest BCUT2D eigenvalue weighted by molar-refractivity contribution is -0.146. The summed E-state index contributed by atoms with van der Waals surface area (Å²) in [7, 11) is 0. The molecule has 0 unspecified atom stereocenters. The molecule has 0 aromatic rings. The van der Waals surface area contributed by atoms with Gasteiger partial charge in [0.1, 0.15) is 11.9 Å². The van der Waals surface area contributed by atoms with Gasteiger partial charge in [-0.05, 0) is 13.0 Å². The molecule has 2 aliphatic rings. The van der Waals surface area contributed by atoms with E-state index in [0.29, 0.717) is 0 Å². The van der Waals surface area contributed by atoms with Gasteiger partial charge in [-0.2, -0.15) is 0 Å². The van der Waals surface area contributed by atoms with Crippen molar-refractivity contribution in [2.24, 2.45) is 0 Å². The van der Waals surface area contributed by atoms with Gasteiger partial charge in [-0.1, -0.05) is 6.58 Å². The van der Waals surface area contributed by atoms with E-state index in [2.05, 4.69) is 6.58 Å². The van der Waals surface area contributed by atoms with Gasteiger partial charge in [0.15, 0.2) is 11.5 Å². The number of aliphatic hydroxyl groups excluding tert-OH is 1. The van der Waals surface area contributed by atoms with Crippen LogP contribution in [0, 0.1) is 0 Å². The van der Waals surface area contributed by atoms with Gasteiger partial charge in [0.25, 0.3) is 0 Å². The molecule has 0 aliphatic carbocycles. The summed E-state index contributed by atoms with van der Waals surface area (Å²) in [6.07, 6.45) is -0.765. The highest BCUT2D eigenvalue weighted by Gasteiger charge is 2.55. The first-order valence-corrected chi connectivity index (χ1v) is 5.08. The normalized spacial score (nSPS) is 37.6. The van der Waals surface area contributed by atoms with E-state index in [0.717, 1.165) is 11.8 Å². The van der Waals surface area contributed by atoms with Crippen LogP contribution in [0.15, 0.2) is 24.6 Å². The number of allylic oxidation sites excluding steroid dienone is 1. The maximum absolute atomic E-state index is 14.2. The van der Waals surface area contributed by atoms with Gasteiger partial charge in [0, 0.05) is 6.20 Å². The van der Waals surface area contributed by atoms with Crippen molar-refractivity contribution in [1.29, 1.82) is 0 Å². The topological polar surface area (TPSA) is 66.8 Å². The predicted molar refractivity (Wildman–Crippen MR) is 55.1 cm³/mol. The van der Waals surface area contributed by atoms with Crippen LogP contribution in [0.1, 0.15) is 13.3 Å². The zero-order valence-electron chi connectivity index (χ0n) is 9.22. The number of amides is 1. The highest BCUT2D eigenvalue weighted by Crippen LogP contribution is 2.38. The summed E-state index contributed by atoms with van der Waals surface area (Å²) < 4.78 is 19.3. The maximum Gasteiger partial charge on any atom is 0.237 e. The molecule has 1 saturated heterocycles. The minimum atomic E-state index is -2.16. The van der Waals surface area contributed by atoms with Crippen molar-refractivity contribution in [1.82, 2.24) is 4.90 Å². The zero-order valence-corrected chi connectivity index (χ0v) is 9.22. The van der Waals surface area contributed by atoms with E-state index in [1.807, 2.05) is 0 Å². The highest BCUT2D eigenvalue weighted by molar-refractivity contribution is 6.06. The third-order valence-corrected chi connectivity index (χ3v) is 2.87. The van der Waals surface area contributed by atoms with E-state index in [4.69, 9.17) is 4.74 Å². The number of carbonyl (C=O) groups excluding carboxylic acids is 2. The van der Waals surface area contributed by atoms with Crippen LogP contribution in [-0.2, 0) is 14.3 Å². The summed E-state index contributed by atoms with van der Waals surface area (Å²) in [6, 6.07) is 0. The van der Waals surface area contributed by atoms with Gasteiger partial charge < -0.3 is 9.84 Å². The summed E-state index contributed by atoms with van der Waals surface area (Å²) in [5.74, 6) is -1.03. The summed E-state index contributed by atoms with van der Waals surface area (Å²) in [6.45, 7) is 4.50. The Morgan fingerprint density at radius 2 is 2.29 bits per heavy atom. The van der Waals surface area contributed by atoms with Crippen LogP contribution in [0.3, 0.4) is 0 Å². The van der Waals surface area contributed by atoms with E-state index in [1.54, 1.807) is 0 Å². The van der Waals surface area contributed by atoms with Gasteiger partial charge in [-0.25, -0.2) is 4.39 Å². The van der Waals surface area contributed by atoms with Gasteiger partial charge >= 0.3 is 0 Å². The molecule has 5 nitrogen and oxygen atoms in total. The van der Waals surface area contributed by atoms with E-state index in [-0.39, 0.29) is 18.0 Å². The standard InChI is InChI=1S/C11H12FNO4/c1-6-9(16)11(2,12)10(17-6)13-4-3-7(14)5-8(13)15/h3-4,9-10,16H,1,5H2,2H3/t9-,10-,11-/m1/s1. The second-order valence-electron chi connectivity index (χ2n) is 4.25. The summed E-state index contributed by atoms with van der Waals surface area (Å²) in [5.41, 5.74) is -2.16. The number of alkyl halides is 1. The molecule has 0 saturated carbocycles. The molecule has 1 N–H and O–H groups in total. The predicted octanol–water partition coefficient (Wildman–Crippen LogP) is 0.261. The van der Waals surface area contributed by atoms with Crippen LogP contribution < -0.4 is 0 Å². The van der Waals surface area contributed by atoms with Crippen LogP contribution in [0.5, 0.6) is 0 Å². The van der Waals surface area contributed by atoms with Crippen molar-refractivity contribution in [3.63, 3.8) is 0 Å². The van der Waals surface area contributed by atoms with Crippen molar-refractivity contribution in [2.75, 3.05) is 0 Å². The van der Waals surface area contributed by atoms with Crippen LogP contribution in [0.25, 0.3) is 0 Å². The Bertz CT molecular complexity index is 429. The number of aliphatic hydroxyl groups is 1. The van der Waals surface area contributed by atoms with Crippen LogP contribution >= 0.6 is 0 Å². The van der Waals surface area contributed by atoms with Crippen molar-refractivity contribution >= 4 is 11.7 Å². The summed E-state index contributed by atoms with van der Waals surface area (Å²) in [4.78, 5) is 23.6. The SMILES string of the molecule is C=C1O[C@@H](N2C=CC(=O)CC2=O)[C@](C)(F)[C@@H]1O. The van der Waals surface area contributed by atoms with Crippen molar-refractivity contribution < 1.29 is 23.8 Å². The minimum Gasteiger partial charge on any atom is -0.469 e. The maximum atomic E-state index is 14.2. The summed E-state index contributed by atoms with van der Waals surface area (Å²) in [5, 5.41) is 9.54. The Morgan fingerprint density at radius 1 is 1.65 bits per heavy atom. The number of ketones is 1. The lowest BCUT2D eigenvalue weighted by Gasteiger charge is -2.32. The Hall–Kier alpha value is -1.69. The third-order valence-electron chi connectivity index (χ3n) is 2.87. The quantitative estimate of drug-likeness (QED) is 0.669. The molecule has 3 atom stereocenters. The molecule has 17 heavy (non-hydrogen) atoms. The molecule has 0 aromatic carbocycles. The van der Waals surface area contributed by atoms with E-state index in [9.17, 15) is 19.1 Å². The molecule has 0 aromatic heterocycles. The lowest BCUT2D eigenvalue weighted by Crippen LogP contribution is -2.51. The molecule has 1 fully saturated rings. The van der Waals surface area contributed by atoms with Gasteiger partial charge in [0.05, 0.1) is 6.42 Å². The van der Waals surface area contributed by atoms with Gasteiger partial charge in [0.2, 0.25) is 12.1 Å². The fraction of sp³-hybridized carbons (Fsp3) is 0.455. The number of ether oxygens (including phenoxy) is 1. The number of rotatable bonds is 1. The fourth-order valence-corrected chi connectivity index (χ4v) is 1.86. The molecular formula is C11H12FNO4. The Morgan fingerprint density at radius 3 is 2.76 bits per heavy atom. The van der Waals surface area contributed by atoms with E-state index < -0.39 is 23.9 Å². The number of halogens is 1. The Kier molecular flexibility index (Phi) is 2.54. The molecule has 0 spiro atoms. The second-order valence-corrected chi connectivity index (χ2v) is 4.25. The molecule has 1 amide bonds. The smallest absolute Gasteiger partial charge is 0.237 e. The highest BCUT2D eigenvalue weighted by atomic mass is 19.1. The first-order chi connectivity index (χ1) is 7.84. The second kappa shape index (κ2) is 3.66. The molecule has 2 aliphatic heterocycles. The first-order valence-electron chi connectivity index (χ1n) is 5.08. The Balaban J connectivity index is 2.30. The first kappa shape index (κ1) is 11.8. The average molecular weight is 241 g/mol. The number of hydrogen-bond donors (Lipinski definition) is 1. The minimum absolute atomic E-state index is 0.127. The van der Waals surface area contributed by atoms with Crippen molar-refractivity contribution in [3.8, 4) is 0 Å². The molecule has 0 bridgehead atoms. The zero-order chi connectivity index (χ0) is 12.8. The molecule has 2 rings (SSSR count). The average Bonchev–Trinajstić information content (AvgIpc) is 2.43. The number of nitrogens with zero attached hydrogens (tertiary/aromatic N) is 1. The van der Waals surface area contributed by atoms with Crippen molar-refractivity contribution in [2.45, 2.75) is 31.3 Å². The van der Waals surface area contributed by atoms with E-state index >= 15 is 0 Å². The van der Waals surface area contributed by atoms with Crippen molar-refractivity contribution in [3.05, 3.63) is 24.6 Å². The van der Waals surface area contributed by atoms with E-state index in [1.165, 1.54) is 12.3 Å². The van der Waals surface area contributed by atoms with Gasteiger partial charge in [-0.15, -0.1) is 0 Å². The lowest BCUT2D eigenvalue weighted by atomic mass is 9.99. The molecule has 2 heterocycles. The molecular weight excluding hydrogens is 229 g/mol. The van der Waals surface area contributed by atoms with Gasteiger partial charge in [-0.3, -0.25) is 14.5 Å². The molecule has 6 heteroatoms. The molecule has 0 radical (unpaired) electrons. The summed E-state index contributed by atoms with van der Waals surface area (Å²) >= 11 is 0.